The zero-order valence-corrected chi connectivity index (χ0v) is 7.72. The van der Waals surface area contributed by atoms with E-state index < -0.39 is 0 Å². The van der Waals surface area contributed by atoms with Crippen molar-refractivity contribution in [1.29, 1.82) is 0 Å². The lowest BCUT2D eigenvalue weighted by Crippen LogP contribution is -2.23. The molecule has 3 heteroatoms. The van der Waals surface area contributed by atoms with Gasteiger partial charge in [-0.2, -0.15) is 0 Å². The van der Waals surface area contributed by atoms with Crippen LogP contribution in [0.5, 0.6) is 0 Å². The third kappa shape index (κ3) is 9.27. The summed E-state index contributed by atoms with van der Waals surface area (Å²) in [6.45, 7) is 7.38. The molecule has 0 aliphatic rings. The highest BCUT2D eigenvalue weighted by molar-refractivity contribution is 5.75. The van der Waals surface area contributed by atoms with Crippen LogP contribution in [0.2, 0.25) is 0 Å². The number of nitrogens with zero attached hydrogens (tertiary/aromatic N) is 1. The van der Waals surface area contributed by atoms with Gasteiger partial charge in [-0.1, -0.05) is 20.8 Å². The van der Waals surface area contributed by atoms with Gasteiger partial charge in [0.2, 0.25) is 0 Å². The van der Waals surface area contributed by atoms with Gasteiger partial charge in [0.1, 0.15) is 0 Å². The first-order chi connectivity index (χ1) is 4.92. The van der Waals surface area contributed by atoms with Gasteiger partial charge in [0.05, 0.1) is 0 Å². The summed E-state index contributed by atoms with van der Waals surface area (Å²) in [6, 6.07) is 0. The van der Waals surface area contributed by atoms with E-state index in [1.807, 2.05) is 0 Å². The average Bonchev–Trinajstić information content (AvgIpc) is 1.78. The highest BCUT2D eigenvalue weighted by Crippen LogP contribution is 2.19. The van der Waals surface area contributed by atoms with Gasteiger partial charge in [0, 0.05) is 6.54 Å². The normalized spacial score (nSPS) is 11.2. The molecular weight excluding hydrogens is 138 g/mol. The number of aliphatic imine (C=N–C) groups is 1. The molecule has 66 valence electrons. The Morgan fingerprint density at radius 3 is 2.18 bits per heavy atom. The van der Waals surface area contributed by atoms with Crippen LogP contribution in [0.15, 0.2) is 4.99 Å². The van der Waals surface area contributed by atoms with Crippen molar-refractivity contribution in [2.24, 2.45) is 21.9 Å². The van der Waals surface area contributed by atoms with E-state index in [0.29, 0.717) is 5.41 Å². The highest BCUT2D eigenvalue weighted by atomic mass is 15.0. The Hall–Kier alpha value is -0.730. The van der Waals surface area contributed by atoms with Crippen LogP contribution < -0.4 is 11.5 Å². The molecule has 0 bridgehead atoms. The first-order valence-electron chi connectivity index (χ1n) is 3.97. The maximum Gasteiger partial charge on any atom is 0.185 e. The zero-order valence-electron chi connectivity index (χ0n) is 7.72. The molecule has 0 amide bonds. The molecule has 0 heterocycles. The number of hydrogen-bond donors (Lipinski definition) is 2. The second kappa shape index (κ2) is 4.21. The summed E-state index contributed by atoms with van der Waals surface area (Å²) >= 11 is 0. The van der Waals surface area contributed by atoms with Gasteiger partial charge in [-0.05, 0) is 18.3 Å². The second-order valence-electron chi connectivity index (χ2n) is 3.97. The Kier molecular flexibility index (Phi) is 3.93. The lowest BCUT2D eigenvalue weighted by molar-refractivity contribution is 0.368. The lowest BCUT2D eigenvalue weighted by atomic mass is 9.91. The minimum atomic E-state index is 0.193. The number of hydrogen-bond acceptors (Lipinski definition) is 1. The second-order valence-corrected chi connectivity index (χ2v) is 3.97. The van der Waals surface area contributed by atoms with E-state index in [4.69, 9.17) is 11.5 Å². The van der Waals surface area contributed by atoms with Crippen molar-refractivity contribution < 1.29 is 0 Å². The molecular formula is C8H19N3. The summed E-state index contributed by atoms with van der Waals surface area (Å²) in [4.78, 5) is 3.90. The molecule has 0 rings (SSSR count). The first-order valence-corrected chi connectivity index (χ1v) is 3.97. The van der Waals surface area contributed by atoms with Gasteiger partial charge >= 0.3 is 0 Å². The molecule has 0 aliphatic heterocycles. The van der Waals surface area contributed by atoms with Crippen LogP contribution >= 0.6 is 0 Å². The SMILES string of the molecule is CC(C)(C)CCCN=C(N)N. The van der Waals surface area contributed by atoms with E-state index in [9.17, 15) is 0 Å². The van der Waals surface area contributed by atoms with Crippen LogP contribution in [-0.2, 0) is 0 Å². The van der Waals surface area contributed by atoms with Gasteiger partial charge < -0.3 is 11.5 Å². The molecule has 0 aliphatic carbocycles. The maximum absolute atomic E-state index is 5.17. The predicted molar refractivity (Wildman–Crippen MR) is 49.4 cm³/mol. The molecule has 0 aromatic rings. The predicted octanol–water partition coefficient (Wildman–Crippen LogP) is 1.09. The molecule has 0 saturated carbocycles. The van der Waals surface area contributed by atoms with E-state index in [0.717, 1.165) is 19.4 Å². The van der Waals surface area contributed by atoms with E-state index in [-0.39, 0.29) is 5.96 Å². The summed E-state index contributed by atoms with van der Waals surface area (Å²) in [5.74, 6) is 0.193. The van der Waals surface area contributed by atoms with Crippen LogP contribution in [0, 0.1) is 5.41 Å². The third-order valence-electron chi connectivity index (χ3n) is 1.38. The van der Waals surface area contributed by atoms with Crippen molar-refractivity contribution in [3.63, 3.8) is 0 Å². The molecule has 4 N–H and O–H groups in total. The van der Waals surface area contributed by atoms with Crippen molar-refractivity contribution in [3.05, 3.63) is 0 Å². The molecule has 11 heavy (non-hydrogen) atoms. The van der Waals surface area contributed by atoms with E-state index in [1.165, 1.54) is 0 Å². The number of nitrogens with two attached hydrogens (primary N) is 2. The largest absolute Gasteiger partial charge is 0.370 e. The Morgan fingerprint density at radius 2 is 1.82 bits per heavy atom. The third-order valence-corrected chi connectivity index (χ3v) is 1.38. The summed E-state index contributed by atoms with van der Waals surface area (Å²) in [5, 5.41) is 0. The minimum absolute atomic E-state index is 0.193. The molecule has 0 atom stereocenters. The van der Waals surface area contributed by atoms with Crippen LogP contribution in [-0.4, -0.2) is 12.5 Å². The minimum Gasteiger partial charge on any atom is -0.370 e. The van der Waals surface area contributed by atoms with Crippen molar-refractivity contribution in [2.75, 3.05) is 6.54 Å². The summed E-state index contributed by atoms with van der Waals surface area (Å²) in [6.07, 6.45) is 2.21. The lowest BCUT2D eigenvalue weighted by Gasteiger charge is -2.16. The highest BCUT2D eigenvalue weighted by Gasteiger charge is 2.08. The average molecular weight is 157 g/mol. The molecule has 0 spiro atoms. The van der Waals surface area contributed by atoms with Crippen molar-refractivity contribution >= 4 is 5.96 Å². The number of guanidine groups is 1. The smallest absolute Gasteiger partial charge is 0.185 e. The number of rotatable bonds is 3. The Balaban J connectivity index is 3.36. The van der Waals surface area contributed by atoms with Crippen molar-refractivity contribution in [3.8, 4) is 0 Å². The fourth-order valence-corrected chi connectivity index (χ4v) is 0.818. The molecule has 0 saturated heterocycles. The van der Waals surface area contributed by atoms with Gasteiger partial charge in [0.25, 0.3) is 0 Å². The maximum atomic E-state index is 5.17. The summed E-state index contributed by atoms with van der Waals surface area (Å²) in [5.41, 5.74) is 10.7. The molecule has 0 radical (unpaired) electrons. The van der Waals surface area contributed by atoms with Gasteiger partial charge in [0.15, 0.2) is 5.96 Å². The molecule has 0 aromatic heterocycles. The van der Waals surface area contributed by atoms with Crippen LogP contribution in [0.3, 0.4) is 0 Å². The topological polar surface area (TPSA) is 64.4 Å². The molecule has 0 aromatic carbocycles. The van der Waals surface area contributed by atoms with Crippen LogP contribution in [0.25, 0.3) is 0 Å². The van der Waals surface area contributed by atoms with Crippen molar-refractivity contribution in [1.82, 2.24) is 0 Å². The summed E-state index contributed by atoms with van der Waals surface area (Å²) < 4.78 is 0. The molecule has 3 nitrogen and oxygen atoms in total. The fourth-order valence-electron chi connectivity index (χ4n) is 0.818. The van der Waals surface area contributed by atoms with Gasteiger partial charge in [-0.3, -0.25) is 4.99 Å². The summed E-state index contributed by atoms with van der Waals surface area (Å²) in [7, 11) is 0. The standard InChI is InChI=1S/C8H19N3/c1-8(2,3)5-4-6-11-7(9)10/h4-6H2,1-3H3,(H4,9,10,11). The van der Waals surface area contributed by atoms with Crippen molar-refractivity contribution in [2.45, 2.75) is 33.6 Å². The molecule has 0 fully saturated rings. The van der Waals surface area contributed by atoms with Gasteiger partial charge in [-0.25, -0.2) is 0 Å². The quantitative estimate of drug-likeness (QED) is 0.366. The van der Waals surface area contributed by atoms with Gasteiger partial charge in [-0.15, -0.1) is 0 Å². The van der Waals surface area contributed by atoms with E-state index in [2.05, 4.69) is 25.8 Å². The molecule has 0 unspecified atom stereocenters. The Bertz CT molecular complexity index is 129. The Morgan fingerprint density at radius 1 is 1.27 bits per heavy atom. The monoisotopic (exact) mass is 157 g/mol. The zero-order chi connectivity index (χ0) is 8.91. The fraction of sp³-hybridized carbons (Fsp3) is 0.875. The van der Waals surface area contributed by atoms with Crippen LogP contribution in [0.1, 0.15) is 33.6 Å². The van der Waals surface area contributed by atoms with Crippen LogP contribution in [0.4, 0.5) is 0 Å². The first kappa shape index (κ1) is 10.3. The van der Waals surface area contributed by atoms with E-state index in [1.54, 1.807) is 0 Å². The van der Waals surface area contributed by atoms with E-state index >= 15 is 0 Å². The Labute approximate surface area is 68.9 Å².